The van der Waals surface area contributed by atoms with Crippen LogP contribution in [0.1, 0.15) is 16.7 Å². The largest absolute Gasteiger partial charge is 0.359 e. The molecule has 1 heterocycles. The number of rotatable bonds is 3. The van der Waals surface area contributed by atoms with Gasteiger partial charge >= 0.3 is 0 Å². The highest BCUT2D eigenvalue weighted by atomic mass is 16.1. The predicted octanol–water partition coefficient (Wildman–Crippen LogP) is 1.48. The number of benzene rings is 1. The van der Waals surface area contributed by atoms with Crippen LogP contribution in [-0.2, 0) is 11.3 Å². The van der Waals surface area contributed by atoms with E-state index >= 15 is 0 Å². The highest BCUT2D eigenvalue weighted by Gasteiger charge is 2.31. The fraction of sp³-hybridized carbons (Fsp3) is 0.500. The van der Waals surface area contributed by atoms with E-state index in [0.29, 0.717) is 0 Å². The van der Waals surface area contributed by atoms with Crippen LogP contribution in [0.25, 0.3) is 0 Å². The number of nitrogens with one attached hydrogen (secondary N) is 1. The fourth-order valence-electron chi connectivity index (χ4n) is 2.23. The van der Waals surface area contributed by atoms with E-state index in [2.05, 4.69) is 42.3 Å². The molecule has 0 radical (unpaired) electrons. The minimum Gasteiger partial charge on any atom is -0.359 e. The molecule has 1 aliphatic rings. The van der Waals surface area contributed by atoms with Crippen molar-refractivity contribution in [3.8, 4) is 0 Å². The third kappa shape index (κ3) is 2.67. The Labute approximate surface area is 103 Å². The van der Waals surface area contributed by atoms with E-state index in [-0.39, 0.29) is 11.8 Å². The number of hydrogen-bond acceptors (Lipinski definition) is 2. The van der Waals surface area contributed by atoms with Gasteiger partial charge in [0, 0.05) is 26.7 Å². The maximum Gasteiger partial charge on any atom is 0.225 e. The summed E-state index contributed by atoms with van der Waals surface area (Å²) >= 11 is 0. The van der Waals surface area contributed by atoms with Crippen LogP contribution in [0, 0.1) is 19.8 Å². The lowest BCUT2D eigenvalue weighted by Crippen LogP contribution is -2.52. The van der Waals surface area contributed by atoms with E-state index in [4.69, 9.17) is 0 Å². The van der Waals surface area contributed by atoms with E-state index in [1.54, 1.807) is 7.05 Å². The summed E-state index contributed by atoms with van der Waals surface area (Å²) in [6.07, 6.45) is 0. The summed E-state index contributed by atoms with van der Waals surface area (Å²) < 4.78 is 0. The molecule has 0 aliphatic carbocycles. The van der Waals surface area contributed by atoms with Gasteiger partial charge in [0.15, 0.2) is 0 Å². The van der Waals surface area contributed by atoms with E-state index < -0.39 is 0 Å². The number of nitrogens with zero attached hydrogens (tertiary/aromatic N) is 1. The van der Waals surface area contributed by atoms with Crippen LogP contribution in [0.15, 0.2) is 18.2 Å². The van der Waals surface area contributed by atoms with Crippen LogP contribution >= 0.6 is 0 Å². The minimum absolute atomic E-state index is 0.168. The second-order valence-corrected chi connectivity index (χ2v) is 4.92. The first-order chi connectivity index (χ1) is 8.10. The minimum atomic E-state index is 0.168. The molecule has 1 amide bonds. The van der Waals surface area contributed by atoms with Gasteiger partial charge in [-0.2, -0.15) is 0 Å². The van der Waals surface area contributed by atoms with Crippen LogP contribution in [0.2, 0.25) is 0 Å². The normalized spacial score (nSPS) is 16.6. The Kier molecular flexibility index (Phi) is 3.48. The van der Waals surface area contributed by atoms with Crippen molar-refractivity contribution in [3.63, 3.8) is 0 Å². The predicted molar refractivity (Wildman–Crippen MR) is 68.7 cm³/mol. The van der Waals surface area contributed by atoms with Gasteiger partial charge in [-0.1, -0.05) is 18.2 Å². The number of amides is 1. The Bertz CT molecular complexity index is 422. The molecule has 2 rings (SSSR count). The number of carbonyl (C=O) groups is 1. The summed E-state index contributed by atoms with van der Waals surface area (Å²) in [5, 5.41) is 2.70. The van der Waals surface area contributed by atoms with Crippen molar-refractivity contribution < 1.29 is 4.79 Å². The highest BCUT2D eigenvalue weighted by Crippen LogP contribution is 2.19. The summed E-state index contributed by atoms with van der Waals surface area (Å²) in [7, 11) is 1.70. The SMILES string of the molecule is CNC(=O)C1CN(Cc2ccc(C)c(C)c2)C1. The van der Waals surface area contributed by atoms with Gasteiger partial charge in [-0.25, -0.2) is 0 Å². The monoisotopic (exact) mass is 232 g/mol. The van der Waals surface area contributed by atoms with Gasteiger partial charge in [0.25, 0.3) is 0 Å². The molecule has 3 heteroatoms. The van der Waals surface area contributed by atoms with Crippen molar-refractivity contribution in [3.05, 3.63) is 34.9 Å². The molecule has 3 nitrogen and oxygen atoms in total. The first-order valence-corrected chi connectivity index (χ1v) is 6.10. The van der Waals surface area contributed by atoms with E-state index in [1.807, 2.05) is 0 Å². The van der Waals surface area contributed by atoms with Crippen molar-refractivity contribution in [2.75, 3.05) is 20.1 Å². The molecule has 17 heavy (non-hydrogen) atoms. The lowest BCUT2D eigenvalue weighted by molar-refractivity contribution is -0.129. The van der Waals surface area contributed by atoms with Crippen molar-refractivity contribution in [1.29, 1.82) is 0 Å². The molecule has 1 aromatic rings. The van der Waals surface area contributed by atoms with Gasteiger partial charge in [-0.05, 0) is 30.5 Å². The third-order valence-corrected chi connectivity index (χ3v) is 3.55. The molecular formula is C14H20N2O. The fourth-order valence-corrected chi connectivity index (χ4v) is 2.23. The number of hydrogen-bond donors (Lipinski definition) is 1. The van der Waals surface area contributed by atoms with Gasteiger partial charge in [-0.3, -0.25) is 9.69 Å². The first-order valence-electron chi connectivity index (χ1n) is 6.10. The average Bonchev–Trinajstić information content (AvgIpc) is 2.26. The number of aryl methyl sites for hydroxylation is 2. The second-order valence-electron chi connectivity index (χ2n) is 4.92. The molecule has 0 unspecified atom stereocenters. The number of likely N-dealkylation sites (tertiary alicyclic amines) is 1. The second kappa shape index (κ2) is 4.88. The molecule has 0 spiro atoms. The van der Waals surface area contributed by atoms with Crippen molar-refractivity contribution in [2.24, 2.45) is 5.92 Å². The van der Waals surface area contributed by atoms with Crippen molar-refractivity contribution >= 4 is 5.91 Å². The van der Waals surface area contributed by atoms with Gasteiger partial charge in [0.05, 0.1) is 5.92 Å². The molecule has 1 fully saturated rings. The Balaban J connectivity index is 1.87. The lowest BCUT2D eigenvalue weighted by atomic mass is 9.97. The maximum atomic E-state index is 11.4. The molecule has 0 saturated carbocycles. The number of carbonyl (C=O) groups excluding carboxylic acids is 1. The summed E-state index contributed by atoms with van der Waals surface area (Å²) in [5.74, 6) is 0.355. The molecule has 1 N–H and O–H groups in total. The third-order valence-electron chi connectivity index (χ3n) is 3.55. The zero-order valence-electron chi connectivity index (χ0n) is 10.8. The van der Waals surface area contributed by atoms with Crippen molar-refractivity contribution in [2.45, 2.75) is 20.4 Å². The first kappa shape index (κ1) is 12.1. The van der Waals surface area contributed by atoms with Gasteiger partial charge < -0.3 is 5.32 Å². The van der Waals surface area contributed by atoms with E-state index in [0.717, 1.165) is 19.6 Å². The van der Waals surface area contributed by atoms with Crippen LogP contribution in [-0.4, -0.2) is 30.9 Å². The molecule has 92 valence electrons. The van der Waals surface area contributed by atoms with Gasteiger partial charge in [0.1, 0.15) is 0 Å². The maximum absolute atomic E-state index is 11.4. The molecule has 0 bridgehead atoms. The lowest BCUT2D eigenvalue weighted by Gasteiger charge is -2.38. The Hall–Kier alpha value is -1.35. The quantitative estimate of drug-likeness (QED) is 0.856. The highest BCUT2D eigenvalue weighted by molar-refractivity contribution is 5.79. The Morgan fingerprint density at radius 3 is 2.65 bits per heavy atom. The van der Waals surface area contributed by atoms with Gasteiger partial charge in [-0.15, -0.1) is 0 Å². The van der Waals surface area contributed by atoms with E-state index in [9.17, 15) is 4.79 Å². The zero-order chi connectivity index (χ0) is 12.4. The molecular weight excluding hydrogens is 212 g/mol. The van der Waals surface area contributed by atoms with Crippen LogP contribution < -0.4 is 5.32 Å². The van der Waals surface area contributed by atoms with Crippen LogP contribution in [0.4, 0.5) is 0 Å². The summed E-state index contributed by atoms with van der Waals surface area (Å²) in [5.41, 5.74) is 4.01. The van der Waals surface area contributed by atoms with Crippen LogP contribution in [0.5, 0.6) is 0 Å². The van der Waals surface area contributed by atoms with E-state index in [1.165, 1.54) is 16.7 Å². The average molecular weight is 232 g/mol. The summed E-state index contributed by atoms with van der Waals surface area (Å²) in [4.78, 5) is 13.7. The zero-order valence-corrected chi connectivity index (χ0v) is 10.8. The molecule has 0 atom stereocenters. The van der Waals surface area contributed by atoms with Gasteiger partial charge in [0.2, 0.25) is 5.91 Å². The molecule has 1 saturated heterocycles. The van der Waals surface area contributed by atoms with Crippen molar-refractivity contribution in [1.82, 2.24) is 10.2 Å². The molecule has 1 aromatic carbocycles. The summed E-state index contributed by atoms with van der Waals surface area (Å²) in [6, 6.07) is 6.58. The van der Waals surface area contributed by atoms with Crippen LogP contribution in [0.3, 0.4) is 0 Å². The standard InChI is InChI=1S/C14H20N2O/c1-10-4-5-12(6-11(10)2)7-16-8-13(9-16)14(17)15-3/h4-6,13H,7-9H2,1-3H3,(H,15,17). The smallest absolute Gasteiger partial charge is 0.225 e. The molecule has 0 aromatic heterocycles. The topological polar surface area (TPSA) is 32.3 Å². The Morgan fingerprint density at radius 1 is 1.35 bits per heavy atom. The summed E-state index contributed by atoms with van der Waals surface area (Å²) in [6.45, 7) is 6.99. The molecule has 1 aliphatic heterocycles. The Morgan fingerprint density at radius 2 is 2.06 bits per heavy atom.